The highest BCUT2D eigenvalue weighted by Gasteiger charge is 2.16. The lowest BCUT2D eigenvalue weighted by Crippen LogP contribution is -2.16. The molecular weight excluding hydrogens is 296 g/mol. The van der Waals surface area contributed by atoms with Crippen LogP contribution in [0.4, 0.5) is 5.69 Å². The second kappa shape index (κ2) is 7.52. The van der Waals surface area contributed by atoms with Crippen LogP contribution in [0.3, 0.4) is 0 Å². The molecule has 0 aliphatic rings. The third-order valence-electron chi connectivity index (χ3n) is 3.85. The fraction of sp³-hybridized carbons (Fsp3) is 0.333. The molecular formula is C18H23ClN2O. The second-order valence-electron chi connectivity index (χ2n) is 5.58. The minimum Gasteiger partial charge on any atom is -0.496 e. The molecule has 2 aromatic rings. The second-order valence-corrected chi connectivity index (χ2v) is 6.02. The van der Waals surface area contributed by atoms with E-state index in [9.17, 15) is 0 Å². The maximum Gasteiger partial charge on any atom is 0.122 e. The van der Waals surface area contributed by atoms with Gasteiger partial charge in [-0.25, -0.2) is 0 Å². The topological polar surface area (TPSA) is 38.5 Å². The third kappa shape index (κ3) is 3.93. The summed E-state index contributed by atoms with van der Waals surface area (Å²) in [7, 11) is 5.75. The quantitative estimate of drug-likeness (QED) is 0.882. The van der Waals surface area contributed by atoms with Gasteiger partial charge in [-0.2, -0.15) is 0 Å². The average molecular weight is 319 g/mol. The average Bonchev–Trinajstić information content (AvgIpc) is 2.53. The smallest absolute Gasteiger partial charge is 0.122 e. The highest BCUT2D eigenvalue weighted by molar-refractivity contribution is 6.30. The van der Waals surface area contributed by atoms with E-state index in [-0.39, 0.29) is 5.92 Å². The van der Waals surface area contributed by atoms with Crippen LogP contribution >= 0.6 is 11.6 Å². The monoisotopic (exact) mass is 318 g/mol. The standard InChI is InChI=1S/C18H23ClN2O/c1-21(2)16-7-4-13(5-8-16)10-14(12-20)17-11-15(19)6-9-18(17)22-3/h4-9,11,14H,10,12,20H2,1-3H3. The van der Waals surface area contributed by atoms with Crippen molar-refractivity contribution in [2.45, 2.75) is 12.3 Å². The largest absolute Gasteiger partial charge is 0.496 e. The van der Waals surface area contributed by atoms with Crippen LogP contribution in [0.2, 0.25) is 5.02 Å². The van der Waals surface area contributed by atoms with Gasteiger partial charge in [0, 0.05) is 36.3 Å². The molecule has 0 spiro atoms. The minimum atomic E-state index is 0.179. The van der Waals surface area contributed by atoms with Crippen LogP contribution in [-0.2, 0) is 6.42 Å². The molecule has 0 radical (unpaired) electrons. The lowest BCUT2D eigenvalue weighted by atomic mass is 9.91. The number of ether oxygens (including phenoxy) is 1. The molecule has 3 nitrogen and oxygen atoms in total. The van der Waals surface area contributed by atoms with E-state index in [1.165, 1.54) is 11.3 Å². The molecule has 2 aromatic carbocycles. The number of hydrogen-bond acceptors (Lipinski definition) is 3. The van der Waals surface area contributed by atoms with Gasteiger partial charge in [0.05, 0.1) is 7.11 Å². The molecule has 0 amide bonds. The Kier molecular flexibility index (Phi) is 5.69. The predicted molar refractivity (Wildman–Crippen MR) is 94.3 cm³/mol. The molecule has 0 aliphatic heterocycles. The predicted octanol–water partition coefficient (Wildman–Crippen LogP) is 3.70. The zero-order chi connectivity index (χ0) is 16.1. The number of methoxy groups -OCH3 is 1. The summed E-state index contributed by atoms with van der Waals surface area (Å²) in [5.41, 5.74) is 9.50. The summed E-state index contributed by atoms with van der Waals surface area (Å²) >= 11 is 6.13. The summed E-state index contributed by atoms with van der Waals surface area (Å²) in [4.78, 5) is 2.09. The highest BCUT2D eigenvalue weighted by Crippen LogP contribution is 2.31. The van der Waals surface area contributed by atoms with Crippen LogP contribution < -0.4 is 15.4 Å². The Hall–Kier alpha value is -1.71. The van der Waals surface area contributed by atoms with E-state index in [0.29, 0.717) is 11.6 Å². The Morgan fingerprint density at radius 1 is 1.14 bits per heavy atom. The molecule has 0 saturated carbocycles. The molecule has 4 heteroatoms. The summed E-state index contributed by atoms with van der Waals surface area (Å²) in [6.07, 6.45) is 0.862. The first-order chi connectivity index (χ1) is 10.5. The number of hydrogen-bond donors (Lipinski definition) is 1. The number of benzene rings is 2. The van der Waals surface area contributed by atoms with Crippen LogP contribution in [0.5, 0.6) is 5.75 Å². The van der Waals surface area contributed by atoms with Gasteiger partial charge >= 0.3 is 0 Å². The third-order valence-corrected chi connectivity index (χ3v) is 4.09. The fourth-order valence-electron chi connectivity index (χ4n) is 2.56. The zero-order valence-corrected chi connectivity index (χ0v) is 14.1. The Morgan fingerprint density at radius 2 is 1.82 bits per heavy atom. The first-order valence-electron chi connectivity index (χ1n) is 7.35. The molecule has 0 saturated heterocycles. The van der Waals surface area contributed by atoms with Gasteiger partial charge < -0.3 is 15.4 Å². The van der Waals surface area contributed by atoms with Gasteiger partial charge in [-0.3, -0.25) is 0 Å². The van der Waals surface area contributed by atoms with E-state index in [4.69, 9.17) is 22.1 Å². The number of anilines is 1. The molecule has 0 aliphatic carbocycles. The lowest BCUT2D eigenvalue weighted by molar-refractivity contribution is 0.405. The molecule has 118 valence electrons. The van der Waals surface area contributed by atoms with E-state index in [2.05, 4.69) is 29.2 Å². The molecule has 0 heterocycles. The minimum absolute atomic E-state index is 0.179. The van der Waals surface area contributed by atoms with Crippen molar-refractivity contribution in [3.8, 4) is 5.75 Å². The lowest BCUT2D eigenvalue weighted by Gasteiger charge is -2.19. The van der Waals surface area contributed by atoms with Crippen LogP contribution in [0.25, 0.3) is 0 Å². The van der Waals surface area contributed by atoms with Crippen LogP contribution in [0.1, 0.15) is 17.0 Å². The summed E-state index contributed by atoms with van der Waals surface area (Å²) in [6.45, 7) is 0.548. The molecule has 1 unspecified atom stereocenters. The zero-order valence-electron chi connectivity index (χ0n) is 13.3. The fourth-order valence-corrected chi connectivity index (χ4v) is 2.74. The van der Waals surface area contributed by atoms with Crippen LogP contribution in [-0.4, -0.2) is 27.7 Å². The summed E-state index contributed by atoms with van der Waals surface area (Å²) in [5, 5.41) is 0.706. The maximum atomic E-state index is 6.13. The van der Waals surface area contributed by atoms with Crippen molar-refractivity contribution in [3.05, 3.63) is 58.6 Å². The Balaban J connectivity index is 2.23. The van der Waals surface area contributed by atoms with Gasteiger partial charge in [-0.15, -0.1) is 0 Å². The van der Waals surface area contributed by atoms with Crippen molar-refractivity contribution in [1.29, 1.82) is 0 Å². The molecule has 0 aromatic heterocycles. The molecule has 0 bridgehead atoms. The van der Waals surface area contributed by atoms with E-state index in [0.717, 1.165) is 17.7 Å². The summed E-state index contributed by atoms with van der Waals surface area (Å²) < 4.78 is 5.45. The number of rotatable bonds is 6. The van der Waals surface area contributed by atoms with Crippen LogP contribution in [0, 0.1) is 0 Å². The van der Waals surface area contributed by atoms with Crippen molar-refractivity contribution < 1.29 is 4.74 Å². The molecule has 1 atom stereocenters. The molecule has 0 fully saturated rings. The van der Waals surface area contributed by atoms with Gasteiger partial charge in [-0.1, -0.05) is 23.7 Å². The van der Waals surface area contributed by atoms with Gasteiger partial charge in [0.1, 0.15) is 5.75 Å². The summed E-state index contributed by atoms with van der Waals surface area (Å²) in [6, 6.07) is 14.2. The summed E-state index contributed by atoms with van der Waals surface area (Å²) in [5.74, 6) is 1.02. The Bertz CT molecular complexity index is 611. The van der Waals surface area contributed by atoms with E-state index >= 15 is 0 Å². The Morgan fingerprint density at radius 3 is 2.36 bits per heavy atom. The van der Waals surface area contributed by atoms with Gasteiger partial charge in [0.15, 0.2) is 0 Å². The van der Waals surface area contributed by atoms with E-state index in [1.54, 1.807) is 7.11 Å². The first-order valence-corrected chi connectivity index (χ1v) is 7.72. The number of nitrogens with two attached hydrogens (primary N) is 1. The molecule has 2 N–H and O–H groups in total. The number of halogens is 1. The van der Waals surface area contributed by atoms with E-state index < -0.39 is 0 Å². The van der Waals surface area contributed by atoms with Crippen LogP contribution in [0.15, 0.2) is 42.5 Å². The van der Waals surface area contributed by atoms with Gasteiger partial charge in [0.2, 0.25) is 0 Å². The Labute approximate surface area is 137 Å². The normalized spacial score (nSPS) is 12.0. The van der Waals surface area contributed by atoms with Crippen molar-refractivity contribution in [3.63, 3.8) is 0 Å². The SMILES string of the molecule is COc1ccc(Cl)cc1C(CN)Cc1ccc(N(C)C)cc1. The maximum absolute atomic E-state index is 6.13. The van der Waals surface area contributed by atoms with E-state index in [1.807, 2.05) is 32.3 Å². The van der Waals surface area contributed by atoms with Crippen molar-refractivity contribution in [1.82, 2.24) is 0 Å². The number of nitrogens with zero attached hydrogens (tertiary/aromatic N) is 1. The highest BCUT2D eigenvalue weighted by atomic mass is 35.5. The van der Waals surface area contributed by atoms with Crippen molar-refractivity contribution in [2.75, 3.05) is 32.6 Å². The van der Waals surface area contributed by atoms with Crippen molar-refractivity contribution in [2.24, 2.45) is 5.73 Å². The molecule has 22 heavy (non-hydrogen) atoms. The molecule has 2 rings (SSSR count). The van der Waals surface area contributed by atoms with Gasteiger partial charge in [0.25, 0.3) is 0 Å². The van der Waals surface area contributed by atoms with Gasteiger partial charge in [-0.05, 0) is 48.9 Å². The first kappa shape index (κ1) is 16.7. The van der Waals surface area contributed by atoms with Crippen molar-refractivity contribution >= 4 is 17.3 Å².